The highest BCUT2D eigenvalue weighted by Gasteiger charge is 2.50. The monoisotopic (exact) mass is 512 g/mol. The van der Waals surface area contributed by atoms with Gasteiger partial charge in [0.2, 0.25) is 11.8 Å². The van der Waals surface area contributed by atoms with Crippen molar-refractivity contribution in [2.24, 2.45) is 23.2 Å². The highest BCUT2D eigenvalue weighted by atomic mass is 16.5. The summed E-state index contributed by atoms with van der Waals surface area (Å²) in [7, 11) is 0. The number of ketones is 1. The van der Waals surface area contributed by atoms with Gasteiger partial charge in [-0.05, 0) is 49.4 Å². The Morgan fingerprint density at radius 1 is 0.974 bits per heavy atom. The van der Waals surface area contributed by atoms with Crippen molar-refractivity contribution >= 4 is 40.2 Å². The number of carbonyl (C=O) groups excluding carboxylic acids is 4. The van der Waals surface area contributed by atoms with Gasteiger partial charge in [-0.25, -0.2) is 9.78 Å². The van der Waals surface area contributed by atoms with Crippen LogP contribution in [-0.4, -0.2) is 35.2 Å². The van der Waals surface area contributed by atoms with E-state index in [9.17, 15) is 19.2 Å². The number of benzene rings is 2. The van der Waals surface area contributed by atoms with Crippen LogP contribution in [0.4, 0.5) is 5.69 Å². The summed E-state index contributed by atoms with van der Waals surface area (Å²) in [5.41, 5.74) is 1.95. The number of amides is 2. The van der Waals surface area contributed by atoms with E-state index in [2.05, 4.69) is 6.92 Å². The highest BCUT2D eigenvalue weighted by molar-refractivity contribution is 6.22. The molecule has 0 N–H and O–H groups in total. The molecule has 1 aliphatic heterocycles. The Bertz CT molecular complexity index is 1450. The molecule has 3 atom stereocenters. The van der Waals surface area contributed by atoms with Gasteiger partial charge in [-0.1, -0.05) is 58.0 Å². The standard InChI is InChI=1S/C31H32N2O5/c1-18-12-13-22-23(14-18)29(36)33(28(22)35)20-9-7-8-19(15-20)26-16-24(21-10-5-6-11-25(21)32-26)30(37)38-17-27(34)31(2,3)4/h5-11,15-16,18,22-23H,12-14,17H2,1-4H3/t18-,22-,23-/m1/s1. The molecule has 0 unspecified atom stereocenters. The van der Waals surface area contributed by atoms with Crippen molar-refractivity contribution in [1.82, 2.24) is 4.98 Å². The predicted molar refractivity (Wildman–Crippen MR) is 144 cm³/mol. The highest BCUT2D eigenvalue weighted by Crippen LogP contribution is 2.42. The fraction of sp³-hybridized carbons (Fsp3) is 0.387. The molecule has 0 spiro atoms. The van der Waals surface area contributed by atoms with Crippen molar-refractivity contribution in [3.63, 3.8) is 0 Å². The number of aromatic nitrogens is 1. The third kappa shape index (κ3) is 4.73. The van der Waals surface area contributed by atoms with Crippen LogP contribution in [0.15, 0.2) is 54.6 Å². The normalized spacial score (nSPS) is 21.5. The summed E-state index contributed by atoms with van der Waals surface area (Å²) in [5, 5.41) is 0.615. The van der Waals surface area contributed by atoms with Gasteiger partial charge >= 0.3 is 5.97 Å². The number of carbonyl (C=O) groups is 4. The zero-order valence-corrected chi connectivity index (χ0v) is 22.2. The summed E-state index contributed by atoms with van der Waals surface area (Å²) in [5.74, 6) is -1.14. The van der Waals surface area contributed by atoms with Gasteiger partial charge in [-0.2, -0.15) is 0 Å². The molecule has 0 radical (unpaired) electrons. The molecule has 2 aliphatic rings. The maximum atomic E-state index is 13.3. The number of anilines is 1. The van der Waals surface area contributed by atoms with Crippen LogP contribution in [0.2, 0.25) is 0 Å². The predicted octanol–water partition coefficient (Wildman–Crippen LogP) is 5.60. The lowest BCUT2D eigenvalue weighted by atomic mass is 9.76. The molecular weight excluding hydrogens is 480 g/mol. The maximum Gasteiger partial charge on any atom is 0.339 e. The van der Waals surface area contributed by atoms with Gasteiger partial charge in [0.05, 0.1) is 34.3 Å². The summed E-state index contributed by atoms with van der Waals surface area (Å²) in [4.78, 5) is 58.0. The van der Waals surface area contributed by atoms with Gasteiger partial charge in [-0.15, -0.1) is 0 Å². The fourth-order valence-corrected chi connectivity index (χ4v) is 5.37. The zero-order chi connectivity index (χ0) is 27.2. The number of rotatable bonds is 5. The molecule has 2 fully saturated rings. The Morgan fingerprint density at radius 3 is 2.47 bits per heavy atom. The molecule has 2 heterocycles. The van der Waals surface area contributed by atoms with Crippen LogP contribution >= 0.6 is 0 Å². The Hall–Kier alpha value is -3.87. The largest absolute Gasteiger partial charge is 0.454 e. The molecule has 3 aromatic rings. The van der Waals surface area contributed by atoms with E-state index in [1.165, 1.54) is 4.90 Å². The number of imide groups is 1. The van der Waals surface area contributed by atoms with E-state index in [1.807, 2.05) is 18.2 Å². The number of para-hydroxylation sites is 1. The van der Waals surface area contributed by atoms with Crippen molar-refractivity contribution in [1.29, 1.82) is 0 Å². The van der Waals surface area contributed by atoms with Gasteiger partial charge in [0.15, 0.2) is 12.4 Å². The average Bonchev–Trinajstić information content (AvgIpc) is 3.14. The second-order valence-corrected chi connectivity index (χ2v) is 11.5. The van der Waals surface area contributed by atoms with Crippen molar-refractivity contribution in [2.45, 2.75) is 47.0 Å². The summed E-state index contributed by atoms with van der Waals surface area (Å²) >= 11 is 0. The molecule has 38 heavy (non-hydrogen) atoms. The third-order valence-electron chi connectivity index (χ3n) is 7.69. The molecule has 1 aliphatic carbocycles. The van der Waals surface area contributed by atoms with Crippen LogP contribution in [0.1, 0.15) is 57.3 Å². The van der Waals surface area contributed by atoms with Crippen molar-refractivity contribution in [2.75, 3.05) is 11.5 Å². The van der Waals surface area contributed by atoms with E-state index >= 15 is 0 Å². The Morgan fingerprint density at radius 2 is 1.71 bits per heavy atom. The average molecular weight is 513 g/mol. The SMILES string of the molecule is C[C@@H]1CC[C@H]2C(=O)N(c3cccc(-c4cc(C(=O)OCC(=O)C(C)(C)C)c5ccccc5n4)c3)C(=O)[C@@H]2C1. The van der Waals surface area contributed by atoms with Gasteiger partial charge in [0.1, 0.15) is 0 Å². The molecule has 2 amide bonds. The van der Waals surface area contributed by atoms with Crippen molar-refractivity contribution in [3.05, 3.63) is 60.2 Å². The second kappa shape index (κ2) is 9.78. The smallest absolute Gasteiger partial charge is 0.339 e. The number of esters is 1. The van der Waals surface area contributed by atoms with Crippen LogP contribution in [0.3, 0.4) is 0 Å². The van der Waals surface area contributed by atoms with Gasteiger partial charge < -0.3 is 4.74 Å². The van der Waals surface area contributed by atoms with E-state index in [-0.39, 0.29) is 36.0 Å². The molecule has 1 saturated heterocycles. The first kappa shape index (κ1) is 25.8. The van der Waals surface area contributed by atoms with Gasteiger partial charge in [-0.3, -0.25) is 19.3 Å². The molecule has 1 aromatic heterocycles. The Balaban J connectivity index is 1.49. The first-order valence-corrected chi connectivity index (χ1v) is 13.1. The molecular formula is C31H32N2O5. The molecule has 2 aromatic carbocycles. The number of Topliss-reactive ketones (excluding diaryl/α,β-unsaturated/α-hetero) is 1. The molecule has 7 heteroatoms. The summed E-state index contributed by atoms with van der Waals surface area (Å²) in [6, 6.07) is 16.0. The van der Waals surface area contributed by atoms with Crippen LogP contribution in [0.5, 0.6) is 0 Å². The first-order valence-electron chi connectivity index (χ1n) is 13.1. The van der Waals surface area contributed by atoms with Gasteiger partial charge in [0.25, 0.3) is 0 Å². The van der Waals surface area contributed by atoms with Crippen LogP contribution in [-0.2, 0) is 19.1 Å². The number of ether oxygens (including phenoxy) is 1. The van der Waals surface area contributed by atoms with E-state index in [0.29, 0.717) is 39.3 Å². The van der Waals surface area contributed by atoms with Crippen LogP contribution < -0.4 is 4.90 Å². The summed E-state index contributed by atoms with van der Waals surface area (Å²) in [6.07, 6.45) is 2.43. The lowest BCUT2D eigenvalue weighted by Crippen LogP contribution is -2.30. The minimum Gasteiger partial charge on any atom is -0.454 e. The van der Waals surface area contributed by atoms with Crippen LogP contribution in [0.25, 0.3) is 22.2 Å². The summed E-state index contributed by atoms with van der Waals surface area (Å²) < 4.78 is 5.40. The number of hydrogen-bond donors (Lipinski definition) is 0. The topological polar surface area (TPSA) is 93.6 Å². The maximum absolute atomic E-state index is 13.3. The Kier molecular flexibility index (Phi) is 6.63. The number of hydrogen-bond acceptors (Lipinski definition) is 6. The number of nitrogens with zero attached hydrogens (tertiary/aromatic N) is 2. The van der Waals surface area contributed by atoms with Crippen molar-refractivity contribution in [3.8, 4) is 11.3 Å². The van der Waals surface area contributed by atoms with Gasteiger partial charge in [0, 0.05) is 16.4 Å². The lowest BCUT2D eigenvalue weighted by Gasteiger charge is -2.25. The quantitative estimate of drug-likeness (QED) is 0.326. The third-order valence-corrected chi connectivity index (χ3v) is 7.69. The number of fused-ring (bicyclic) bond motifs is 2. The van der Waals surface area contributed by atoms with Crippen molar-refractivity contribution < 1.29 is 23.9 Å². The first-order chi connectivity index (χ1) is 18.0. The molecule has 7 nitrogen and oxygen atoms in total. The molecule has 0 bridgehead atoms. The lowest BCUT2D eigenvalue weighted by molar-refractivity contribution is -0.129. The number of pyridine rings is 1. The molecule has 5 rings (SSSR count). The zero-order valence-electron chi connectivity index (χ0n) is 22.2. The minimum absolute atomic E-state index is 0.136. The second-order valence-electron chi connectivity index (χ2n) is 11.5. The fourth-order valence-electron chi connectivity index (χ4n) is 5.37. The Labute approximate surface area is 222 Å². The summed E-state index contributed by atoms with van der Waals surface area (Å²) in [6.45, 7) is 7.15. The molecule has 1 saturated carbocycles. The molecule has 196 valence electrons. The van der Waals surface area contributed by atoms with E-state index in [0.717, 1.165) is 19.3 Å². The van der Waals surface area contributed by atoms with E-state index < -0.39 is 11.4 Å². The minimum atomic E-state index is -0.619. The van der Waals surface area contributed by atoms with E-state index in [1.54, 1.807) is 57.2 Å². The van der Waals surface area contributed by atoms with Crippen LogP contribution in [0, 0.1) is 23.2 Å². The van der Waals surface area contributed by atoms with E-state index in [4.69, 9.17) is 9.72 Å².